The van der Waals surface area contributed by atoms with Crippen molar-refractivity contribution in [2.75, 3.05) is 31.2 Å². The number of ether oxygens (including phenoxy) is 2. The van der Waals surface area contributed by atoms with E-state index in [9.17, 15) is 9.90 Å². The summed E-state index contributed by atoms with van der Waals surface area (Å²) in [4.78, 5) is 20.9. The number of para-hydroxylation sites is 2. The van der Waals surface area contributed by atoms with E-state index in [1.807, 2.05) is 31.2 Å². The van der Waals surface area contributed by atoms with Crippen LogP contribution in [0.5, 0.6) is 5.75 Å². The van der Waals surface area contributed by atoms with E-state index in [2.05, 4.69) is 53.4 Å². The van der Waals surface area contributed by atoms with Gasteiger partial charge < -0.3 is 30.3 Å². The van der Waals surface area contributed by atoms with Crippen molar-refractivity contribution >= 4 is 29.1 Å². The van der Waals surface area contributed by atoms with E-state index < -0.39 is 24.4 Å². The number of hydroxylamine groups is 1. The maximum Gasteiger partial charge on any atom is 0.320 e. The first-order chi connectivity index (χ1) is 20.0. The summed E-state index contributed by atoms with van der Waals surface area (Å²) in [6.07, 6.45) is 0.163. The Balaban J connectivity index is 1.23. The van der Waals surface area contributed by atoms with E-state index in [0.29, 0.717) is 52.0 Å². The van der Waals surface area contributed by atoms with Gasteiger partial charge in [0, 0.05) is 22.8 Å². The standard InChI is InChI=1S/C31H38N3O6S/c1-2-38-27(31(37)40-33-18-8-7-9-24(32)30(35)36)21-22-14-16-23(17-15-22)39-20-19-34-25-10-3-5-12-28(25)41-29-13-6-4-11-26(29)34/h3-6,10-17,24,27,31,33H,2,7-9,18-21,32H2,1H3,(H,35,36)/q-1/p+1/t24?,27-,31?/m0/s1. The van der Waals surface area contributed by atoms with Crippen LogP contribution in [0.25, 0.3) is 0 Å². The lowest BCUT2D eigenvalue weighted by Crippen LogP contribution is -2.86. The normalized spacial score (nSPS) is 14.6. The average Bonchev–Trinajstić information content (AvgIpc) is 2.98. The minimum Gasteiger partial charge on any atom is -0.825 e. The van der Waals surface area contributed by atoms with Crippen molar-refractivity contribution in [1.29, 1.82) is 0 Å². The second kappa shape index (κ2) is 15.8. The molecular formula is C31H39N3O6S. The molecule has 0 amide bonds. The van der Waals surface area contributed by atoms with Crippen molar-refractivity contribution in [3.63, 3.8) is 0 Å². The Kier molecular flexibility index (Phi) is 11.9. The van der Waals surface area contributed by atoms with Crippen molar-refractivity contribution in [2.24, 2.45) is 5.73 Å². The van der Waals surface area contributed by atoms with Crippen LogP contribution < -0.4 is 26.0 Å². The summed E-state index contributed by atoms with van der Waals surface area (Å²) in [6, 6.07) is 23.7. The third-order valence-corrected chi connectivity index (χ3v) is 7.93. The van der Waals surface area contributed by atoms with Gasteiger partial charge in [0.05, 0.1) is 30.3 Å². The van der Waals surface area contributed by atoms with Crippen LogP contribution in [-0.2, 0) is 20.8 Å². The Morgan fingerprint density at radius 2 is 1.68 bits per heavy atom. The molecule has 9 nitrogen and oxygen atoms in total. The molecule has 41 heavy (non-hydrogen) atoms. The van der Waals surface area contributed by atoms with Crippen LogP contribution in [0.15, 0.2) is 82.6 Å². The number of carbonyl (C=O) groups is 1. The number of carboxylic acid groups (broad SMARTS) is 1. The molecule has 0 aliphatic carbocycles. The second-order valence-corrected chi connectivity index (χ2v) is 10.9. The molecule has 220 valence electrons. The number of carboxylic acids is 1. The first-order valence-electron chi connectivity index (χ1n) is 14.0. The Hall–Kier alpha value is -3.12. The van der Waals surface area contributed by atoms with Gasteiger partial charge in [-0.3, -0.25) is 4.79 Å². The van der Waals surface area contributed by atoms with Crippen LogP contribution in [-0.4, -0.2) is 55.8 Å². The number of aliphatic carboxylic acids is 1. The number of hydrogen-bond donors (Lipinski definition) is 3. The number of unbranched alkanes of at least 4 members (excludes halogenated alkanes) is 1. The van der Waals surface area contributed by atoms with Crippen LogP contribution in [0.2, 0.25) is 0 Å². The quantitative estimate of drug-likeness (QED) is 0.125. The van der Waals surface area contributed by atoms with Crippen LogP contribution in [0.4, 0.5) is 11.4 Å². The second-order valence-electron chi connectivity index (χ2n) is 9.78. The molecule has 1 heterocycles. The summed E-state index contributed by atoms with van der Waals surface area (Å²) in [5, 5.41) is 21.5. The summed E-state index contributed by atoms with van der Waals surface area (Å²) < 4.78 is 11.8. The number of rotatable bonds is 17. The van der Waals surface area contributed by atoms with Gasteiger partial charge in [-0.15, -0.1) is 0 Å². The minimum atomic E-state index is -1.36. The van der Waals surface area contributed by atoms with E-state index >= 15 is 0 Å². The fourth-order valence-corrected chi connectivity index (χ4v) is 5.74. The lowest BCUT2D eigenvalue weighted by Gasteiger charge is -2.32. The monoisotopic (exact) mass is 581 g/mol. The van der Waals surface area contributed by atoms with Gasteiger partial charge in [0.1, 0.15) is 24.9 Å². The lowest BCUT2D eigenvalue weighted by atomic mass is 10.1. The summed E-state index contributed by atoms with van der Waals surface area (Å²) >= 11 is 1.79. The highest BCUT2D eigenvalue weighted by atomic mass is 32.2. The van der Waals surface area contributed by atoms with Gasteiger partial charge in [0.15, 0.2) is 0 Å². The van der Waals surface area contributed by atoms with Crippen LogP contribution in [0.3, 0.4) is 0 Å². The topological polar surface area (TPSA) is 134 Å². The van der Waals surface area contributed by atoms with E-state index in [1.165, 1.54) is 26.6 Å². The largest absolute Gasteiger partial charge is 0.825 e. The number of anilines is 2. The molecule has 0 spiro atoms. The van der Waals surface area contributed by atoms with Crippen molar-refractivity contribution in [1.82, 2.24) is 0 Å². The zero-order valence-electron chi connectivity index (χ0n) is 23.3. The number of quaternary nitrogens is 1. The Bertz CT molecular complexity index is 1200. The van der Waals surface area contributed by atoms with Crippen molar-refractivity contribution in [2.45, 2.75) is 60.8 Å². The number of hydrogen-bond acceptors (Lipinski definition) is 8. The molecule has 3 atom stereocenters. The highest BCUT2D eigenvalue weighted by Crippen LogP contribution is 2.47. The number of benzene rings is 3. The third kappa shape index (κ3) is 8.93. The molecule has 0 saturated carbocycles. The van der Waals surface area contributed by atoms with Crippen LogP contribution in [0.1, 0.15) is 31.7 Å². The van der Waals surface area contributed by atoms with Crippen molar-refractivity contribution in [3.8, 4) is 5.75 Å². The number of fused-ring (bicyclic) bond motifs is 2. The highest BCUT2D eigenvalue weighted by Gasteiger charge is 2.22. The van der Waals surface area contributed by atoms with E-state index in [1.54, 1.807) is 11.8 Å². The van der Waals surface area contributed by atoms with E-state index in [4.69, 9.17) is 25.2 Å². The minimum absolute atomic E-state index is 0.393. The molecule has 10 heteroatoms. The van der Waals surface area contributed by atoms with E-state index in [0.717, 1.165) is 11.3 Å². The third-order valence-electron chi connectivity index (χ3n) is 6.79. The molecule has 5 N–H and O–H groups in total. The first kappa shape index (κ1) is 30.8. The van der Waals surface area contributed by atoms with E-state index in [-0.39, 0.29) is 0 Å². The maximum atomic E-state index is 12.7. The van der Waals surface area contributed by atoms with Gasteiger partial charge in [-0.05, 0) is 68.1 Å². The molecule has 0 fully saturated rings. The summed E-state index contributed by atoms with van der Waals surface area (Å²) in [6.45, 7) is 4.03. The molecule has 4 rings (SSSR count). The predicted octanol–water partition coefficient (Wildman–Crippen LogP) is 3.08. The fraction of sp³-hybridized carbons (Fsp3) is 0.387. The molecule has 0 bridgehead atoms. The molecule has 0 saturated heterocycles. The zero-order valence-corrected chi connectivity index (χ0v) is 24.1. The molecular weight excluding hydrogens is 542 g/mol. The van der Waals surface area contributed by atoms with Crippen molar-refractivity contribution in [3.05, 3.63) is 78.4 Å². The maximum absolute atomic E-state index is 12.7. The molecule has 0 radical (unpaired) electrons. The Morgan fingerprint density at radius 3 is 2.32 bits per heavy atom. The van der Waals surface area contributed by atoms with Crippen LogP contribution in [0, 0.1) is 0 Å². The number of nitrogens with zero attached hydrogens (tertiary/aromatic N) is 1. The van der Waals surface area contributed by atoms with Gasteiger partial charge >= 0.3 is 5.97 Å². The highest BCUT2D eigenvalue weighted by molar-refractivity contribution is 7.99. The van der Waals surface area contributed by atoms with Gasteiger partial charge in [-0.25, -0.2) is 10.3 Å². The van der Waals surface area contributed by atoms with Gasteiger partial charge in [0.2, 0.25) is 0 Å². The van der Waals surface area contributed by atoms with Gasteiger partial charge in [0.25, 0.3) is 0 Å². The zero-order chi connectivity index (χ0) is 29.0. The molecule has 2 unspecified atom stereocenters. The fourth-order valence-electron chi connectivity index (χ4n) is 4.64. The summed E-state index contributed by atoms with van der Waals surface area (Å²) in [5.41, 5.74) is 10.3. The molecule has 1 aliphatic heterocycles. The summed E-state index contributed by atoms with van der Waals surface area (Å²) in [5.74, 6) is -0.237. The first-order valence-corrected chi connectivity index (χ1v) is 14.9. The van der Waals surface area contributed by atoms with Crippen molar-refractivity contribution < 1.29 is 34.8 Å². The Labute approximate surface area is 245 Å². The molecule has 0 aromatic heterocycles. The SMILES string of the molecule is CCO[C@@H](Cc1ccc(OCCN2c3ccccc3Sc3ccccc32)cc1)C([O-])O[NH2+]CCCCC(N)C(=O)O. The number of nitrogens with two attached hydrogens (primary N) is 2. The molecule has 3 aromatic rings. The van der Waals surface area contributed by atoms with Gasteiger partial charge in [-0.1, -0.05) is 48.2 Å². The smallest absolute Gasteiger partial charge is 0.320 e. The molecule has 3 aromatic carbocycles. The average molecular weight is 582 g/mol. The molecule has 1 aliphatic rings. The predicted molar refractivity (Wildman–Crippen MR) is 156 cm³/mol. The van der Waals surface area contributed by atoms with Gasteiger partial charge in [-0.2, -0.15) is 0 Å². The summed E-state index contributed by atoms with van der Waals surface area (Å²) in [7, 11) is 0. The Morgan fingerprint density at radius 1 is 1.02 bits per heavy atom. The van der Waals surface area contributed by atoms with Crippen LogP contribution >= 0.6 is 11.8 Å². The lowest BCUT2D eigenvalue weighted by molar-refractivity contribution is -0.933.